The summed E-state index contributed by atoms with van der Waals surface area (Å²) in [5.41, 5.74) is 2.63. The van der Waals surface area contributed by atoms with Gasteiger partial charge in [0.1, 0.15) is 11.3 Å². The Balaban J connectivity index is 1.37. The molecular formula is C29H33N5O4. The van der Waals surface area contributed by atoms with Crippen molar-refractivity contribution >= 4 is 22.8 Å². The van der Waals surface area contributed by atoms with Gasteiger partial charge in [0, 0.05) is 36.0 Å². The normalized spacial score (nSPS) is 15.0. The summed E-state index contributed by atoms with van der Waals surface area (Å²) in [5, 5.41) is 25.1. The number of nitrogens with zero attached hydrogens (tertiary/aromatic N) is 4. The molecule has 0 aliphatic heterocycles. The second-order valence-corrected chi connectivity index (χ2v) is 10.3. The Morgan fingerprint density at radius 2 is 1.82 bits per heavy atom. The number of carboxylic acid groups (broad SMARTS) is 1. The van der Waals surface area contributed by atoms with Crippen LogP contribution in [0.2, 0.25) is 0 Å². The highest BCUT2D eigenvalue weighted by Gasteiger charge is 2.42. The minimum Gasteiger partial charge on any atom is -0.481 e. The first-order valence-electron chi connectivity index (χ1n) is 13.4. The third kappa shape index (κ3) is 5.46. The van der Waals surface area contributed by atoms with Crippen LogP contribution in [0.4, 0.5) is 0 Å². The van der Waals surface area contributed by atoms with Crippen molar-refractivity contribution in [3.05, 3.63) is 54.1 Å². The van der Waals surface area contributed by atoms with Crippen LogP contribution in [-0.4, -0.2) is 49.1 Å². The fourth-order valence-corrected chi connectivity index (χ4v) is 5.37. The standard InChI is InChI=1S/C29H33N5O4/c1-2-3-7-26(35)34(19-29(28(36)37)14-5-4-6-15-29)18-20-8-13-24-23(16-20)17-25(38-24)21-9-11-22(12-10-21)27-30-32-33-31-27/h8-13,16-17H,2-7,14-15,18-19H2,1H3,(H,36,37)(H,30,31,32,33). The van der Waals surface area contributed by atoms with Gasteiger partial charge < -0.3 is 14.4 Å². The molecule has 0 saturated heterocycles. The highest BCUT2D eigenvalue weighted by atomic mass is 16.4. The lowest BCUT2D eigenvalue weighted by Gasteiger charge is -2.38. The van der Waals surface area contributed by atoms with Gasteiger partial charge >= 0.3 is 5.97 Å². The monoisotopic (exact) mass is 515 g/mol. The molecule has 2 aromatic carbocycles. The summed E-state index contributed by atoms with van der Waals surface area (Å²) >= 11 is 0. The number of tetrazole rings is 1. The molecule has 1 aliphatic carbocycles. The predicted octanol–water partition coefficient (Wildman–Crippen LogP) is 5.83. The maximum atomic E-state index is 13.2. The Bertz CT molecular complexity index is 1390. The maximum Gasteiger partial charge on any atom is 0.311 e. The number of unbranched alkanes of at least 4 members (excludes halogenated alkanes) is 1. The van der Waals surface area contributed by atoms with E-state index in [0.717, 1.165) is 65.5 Å². The van der Waals surface area contributed by atoms with E-state index >= 15 is 0 Å². The van der Waals surface area contributed by atoms with Crippen molar-refractivity contribution < 1.29 is 19.1 Å². The number of carboxylic acids is 1. The van der Waals surface area contributed by atoms with Gasteiger partial charge in [0.05, 0.1) is 5.41 Å². The van der Waals surface area contributed by atoms with E-state index in [0.29, 0.717) is 31.6 Å². The predicted molar refractivity (Wildman–Crippen MR) is 143 cm³/mol. The number of benzene rings is 2. The number of H-pyrrole nitrogens is 1. The highest BCUT2D eigenvalue weighted by molar-refractivity contribution is 5.84. The molecule has 2 aromatic heterocycles. The van der Waals surface area contributed by atoms with E-state index in [1.54, 1.807) is 4.90 Å². The summed E-state index contributed by atoms with van der Waals surface area (Å²) in [6.07, 6.45) is 6.23. The van der Waals surface area contributed by atoms with Crippen LogP contribution in [0.3, 0.4) is 0 Å². The summed E-state index contributed by atoms with van der Waals surface area (Å²) in [6, 6.07) is 15.6. The number of nitrogens with one attached hydrogen (secondary N) is 1. The summed E-state index contributed by atoms with van der Waals surface area (Å²) in [5.74, 6) is 0.500. The number of rotatable bonds is 10. The van der Waals surface area contributed by atoms with Crippen LogP contribution in [0.5, 0.6) is 0 Å². The minimum absolute atomic E-state index is 0.0210. The van der Waals surface area contributed by atoms with Crippen LogP contribution in [0.1, 0.15) is 63.9 Å². The number of hydrogen-bond donors (Lipinski definition) is 2. The molecule has 0 atom stereocenters. The number of carbonyl (C=O) groups is 2. The minimum atomic E-state index is -0.860. The number of aromatic nitrogens is 4. The van der Waals surface area contributed by atoms with Crippen LogP contribution in [-0.2, 0) is 16.1 Å². The Kier molecular flexibility index (Phi) is 7.53. The lowest BCUT2D eigenvalue weighted by molar-refractivity contribution is -0.154. The molecule has 2 N–H and O–H groups in total. The second kappa shape index (κ2) is 11.2. The lowest BCUT2D eigenvalue weighted by Crippen LogP contribution is -2.46. The van der Waals surface area contributed by atoms with Crippen LogP contribution in [0.15, 0.2) is 52.9 Å². The van der Waals surface area contributed by atoms with Crippen LogP contribution >= 0.6 is 0 Å². The molecule has 9 nitrogen and oxygen atoms in total. The molecule has 198 valence electrons. The first kappa shape index (κ1) is 25.6. The van der Waals surface area contributed by atoms with Gasteiger partial charge in [-0.15, -0.1) is 10.2 Å². The van der Waals surface area contributed by atoms with Gasteiger partial charge in [-0.25, -0.2) is 0 Å². The van der Waals surface area contributed by atoms with Crippen molar-refractivity contribution in [3.63, 3.8) is 0 Å². The SMILES string of the molecule is CCCCC(=O)N(Cc1ccc2oc(-c3ccc(-c4nn[nH]n4)cc3)cc2c1)CC1(C(=O)O)CCCCC1. The van der Waals surface area contributed by atoms with Gasteiger partial charge in [-0.2, -0.15) is 5.21 Å². The number of aromatic amines is 1. The fourth-order valence-electron chi connectivity index (χ4n) is 5.37. The molecule has 4 aromatic rings. The summed E-state index contributed by atoms with van der Waals surface area (Å²) in [4.78, 5) is 27.3. The van der Waals surface area contributed by atoms with E-state index in [2.05, 4.69) is 27.5 Å². The average Bonchev–Trinajstić information content (AvgIpc) is 3.62. The second-order valence-electron chi connectivity index (χ2n) is 10.3. The molecule has 1 aliphatic rings. The third-order valence-electron chi connectivity index (χ3n) is 7.58. The fraction of sp³-hybridized carbons (Fsp3) is 0.414. The van der Waals surface area contributed by atoms with Crippen molar-refractivity contribution in [1.82, 2.24) is 25.5 Å². The molecule has 0 bridgehead atoms. The van der Waals surface area contributed by atoms with Gasteiger partial charge in [-0.1, -0.05) is 62.9 Å². The Hall–Kier alpha value is -4.01. The number of amides is 1. The summed E-state index contributed by atoms with van der Waals surface area (Å²) < 4.78 is 6.11. The van der Waals surface area contributed by atoms with Crippen molar-refractivity contribution in [2.45, 2.75) is 64.8 Å². The molecule has 1 saturated carbocycles. The molecule has 1 amide bonds. The number of carbonyl (C=O) groups excluding carboxylic acids is 1. The first-order chi connectivity index (χ1) is 18.5. The van der Waals surface area contributed by atoms with Crippen LogP contribution in [0.25, 0.3) is 33.7 Å². The smallest absolute Gasteiger partial charge is 0.311 e. The van der Waals surface area contributed by atoms with Gasteiger partial charge in [0.15, 0.2) is 0 Å². The van der Waals surface area contributed by atoms with Crippen molar-refractivity contribution in [2.24, 2.45) is 5.41 Å². The zero-order valence-electron chi connectivity index (χ0n) is 21.7. The van der Waals surface area contributed by atoms with Gasteiger partial charge in [-0.05, 0) is 48.2 Å². The van der Waals surface area contributed by atoms with Gasteiger partial charge in [0.25, 0.3) is 0 Å². The van der Waals surface area contributed by atoms with E-state index in [9.17, 15) is 14.7 Å². The Morgan fingerprint density at radius 1 is 1.05 bits per heavy atom. The number of aliphatic carboxylic acids is 1. The van der Waals surface area contributed by atoms with Gasteiger partial charge in [0.2, 0.25) is 11.7 Å². The maximum absolute atomic E-state index is 13.2. The van der Waals surface area contributed by atoms with E-state index in [4.69, 9.17) is 4.42 Å². The zero-order chi connectivity index (χ0) is 26.5. The Morgan fingerprint density at radius 3 is 2.50 bits per heavy atom. The molecule has 0 spiro atoms. The number of furan rings is 1. The van der Waals surface area contributed by atoms with E-state index in [1.165, 1.54) is 0 Å². The topological polar surface area (TPSA) is 125 Å². The molecule has 38 heavy (non-hydrogen) atoms. The van der Waals surface area contributed by atoms with Crippen LogP contribution in [0, 0.1) is 5.41 Å². The molecule has 0 unspecified atom stereocenters. The number of fused-ring (bicyclic) bond motifs is 1. The Labute approximate surface area is 221 Å². The summed E-state index contributed by atoms with van der Waals surface area (Å²) in [6.45, 7) is 2.69. The van der Waals surface area contributed by atoms with Crippen molar-refractivity contribution in [3.8, 4) is 22.7 Å². The van der Waals surface area contributed by atoms with Crippen molar-refractivity contribution in [2.75, 3.05) is 6.54 Å². The zero-order valence-corrected chi connectivity index (χ0v) is 21.7. The van der Waals surface area contributed by atoms with Crippen molar-refractivity contribution in [1.29, 1.82) is 0 Å². The van der Waals surface area contributed by atoms with E-state index in [-0.39, 0.29) is 12.5 Å². The molecule has 5 rings (SSSR count). The quantitative estimate of drug-likeness (QED) is 0.272. The largest absolute Gasteiger partial charge is 0.481 e. The van der Waals surface area contributed by atoms with E-state index in [1.807, 2.05) is 48.5 Å². The van der Waals surface area contributed by atoms with E-state index < -0.39 is 11.4 Å². The summed E-state index contributed by atoms with van der Waals surface area (Å²) in [7, 11) is 0. The van der Waals surface area contributed by atoms with Crippen LogP contribution < -0.4 is 0 Å². The molecular weight excluding hydrogens is 482 g/mol. The highest BCUT2D eigenvalue weighted by Crippen LogP contribution is 2.38. The molecule has 0 radical (unpaired) electrons. The van der Waals surface area contributed by atoms with Gasteiger partial charge in [-0.3, -0.25) is 9.59 Å². The lowest BCUT2D eigenvalue weighted by atomic mass is 9.73. The molecule has 2 heterocycles. The first-order valence-corrected chi connectivity index (χ1v) is 13.4. The number of hydrogen-bond acceptors (Lipinski definition) is 6. The molecule has 9 heteroatoms. The molecule has 1 fully saturated rings. The third-order valence-corrected chi connectivity index (χ3v) is 7.58. The average molecular weight is 516 g/mol.